The number of esters is 1. The maximum absolute atomic E-state index is 14.5. The standard InChI is InChI=1S/C32H32Cl2N4O7/c1-44-30(40)20-5-6-21(26(12-20)38(42)43)14-35-29-27(16-39)37(15-18-9-10-45-17-18)32(28(29)19-3-2-4-22(33)11-19)24-8-7-23(34)13-25(24)36-31(32)41/h2-8,11-13,18,27-29,35,39H,9-10,14-17H2,1H3,(H,36,41)/t18?,27-,28-,29+,32+/m0/s1. The first kappa shape index (κ1) is 31.4. The predicted octanol–water partition coefficient (Wildman–Crippen LogP) is 4.49. The number of fused-ring (bicyclic) bond motifs is 2. The van der Waals surface area contributed by atoms with E-state index in [0.717, 1.165) is 17.5 Å². The molecule has 5 atom stereocenters. The van der Waals surface area contributed by atoms with Crippen molar-refractivity contribution in [2.75, 3.05) is 38.8 Å². The number of ether oxygens (including phenoxy) is 2. The maximum atomic E-state index is 14.5. The van der Waals surface area contributed by atoms with Gasteiger partial charge in [-0.3, -0.25) is 19.8 Å². The van der Waals surface area contributed by atoms with Crippen LogP contribution in [0.2, 0.25) is 10.0 Å². The summed E-state index contributed by atoms with van der Waals surface area (Å²) < 4.78 is 10.4. The SMILES string of the molecule is COC(=O)c1ccc(CN[C@@H]2[C@H](CO)N(CC3CCOC3)[C@@]3(C(=O)Nc4cc(Cl)ccc43)[C@H]2c2cccc(Cl)c2)c([N+](=O)[O-])c1. The van der Waals surface area contributed by atoms with Gasteiger partial charge in [-0.15, -0.1) is 0 Å². The molecule has 1 unspecified atom stereocenters. The molecule has 3 aliphatic rings. The lowest BCUT2D eigenvalue weighted by atomic mass is 9.73. The van der Waals surface area contributed by atoms with Crippen molar-refractivity contribution in [3.63, 3.8) is 0 Å². The number of nitro benzene ring substituents is 1. The van der Waals surface area contributed by atoms with Gasteiger partial charge in [0.05, 0.1) is 36.9 Å². The highest BCUT2D eigenvalue weighted by Gasteiger charge is 2.66. The van der Waals surface area contributed by atoms with Crippen molar-refractivity contribution < 1.29 is 29.1 Å². The number of aliphatic hydroxyl groups excluding tert-OH is 1. The number of halogens is 2. The molecule has 45 heavy (non-hydrogen) atoms. The van der Waals surface area contributed by atoms with Gasteiger partial charge in [0.1, 0.15) is 5.54 Å². The maximum Gasteiger partial charge on any atom is 0.338 e. The van der Waals surface area contributed by atoms with E-state index in [0.29, 0.717) is 41.1 Å². The summed E-state index contributed by atoms with van der Waals surface area (Å²) in [5.74, 6) is -1.42. The van der Waals surface area contributed by atoms with Crippen molar-refractivity contribution in [1.82, 2.24) is 10.2 Å². The third kappa shape index (κ3) is 5.47. The predicted molar refractivity (Wildman–Crippen MR) is 168 cm³/mol. The number of hydrogen-bond donors (Lipinski definition) is 3. The van der Waals surface area contributed by atoms with Gasteiger partial charge in [0, 0.05) is 64.6 Å². The molecule has 0 aliphatic carbocycles. The van der Waals surface area contributed by atoms with Crippen molar-refractivity contribution >= 4 is 46.5 Å². The molecule has 0 aromatic heterocycles. The van der Waals surface area contributed by atoms with Gasteiger partial charge in [0.15, 0.2) is 0 Å². The van der Waals surface area contributed by atoms with Crippen LogP contribution in [0.5, 0.6) is 0 Å². The molecule has 0 saturated carbocycles. The zero-order chi connectivity index (χ0) is 31.9. The molecule has 3 heterocycles. The van der Waals surface area contributed by atoms with E-state index in [4.69, 9.17) is 32.7 Å². The van der Waals surface area contributed by atoms with Crippen molar-refractivity contribution in [2.24, 2.45) is 5.92 Å². The Bertz CT molecular complexity index is 1650. The lowest BCUT2D eigenvalue weighted by Crippen LogP contribution is -2.54. The first-order valence-electron chi connectivity index (χ1n) is 14.6. The Labute approximate surface area is 269 Å². The molecule has 3 aliphatic heterocycles. The number of nitrogens with zero attached hydrogens (tertiary/aromatic N) is 2. The Morgan fingerprint density at radius 3 is 2.69 bits per heavy atom. The van der Waals surface area contributed by atoms with Crippen LogP contribution in [-0.2, 0) is 26.4 Å². The number of benzene rings is 3. The molecule has 3 N–H and O–H groups in total. The van der Waals surface area contributed by atoms with Crippen molar-refractivity contribution in [1.29, 1.82) is 0 Å². The third-order valence-electron chi connectivity index (χ3n) is 9.17. The van der Waals surface area contributed by atoms with Crippen LogP contribution in [0, 0.1) is 16.0 Å². The average Bonchev–Trinajstić information content (AvgIpc) is 3.71. The van der Waals surface area contributed by atoms with Crippen molar-refractivity contribution in [3.05, 3.63) is 103 Å². The minimum Gasteiger partial charge on any atom is -0.465 e. The van der Waals surface area contributed by atoms with Gasteiger partial charge in [-0.2, -0.15) is 0 Å². The summed E-state index contributed by atoms with van der Waals surface area (Å²) in [6.07, 6.45) is 0.804. The fraction of sp³-hybridized carbons (Fsp3) is 0.375. The molecule has 2 fully saturated rings. The van der Waals surface area contributed by atoms with Gasteiger partial charge in [-0.05, 0) is 48.2 Å². The monoisotopic (exact) mass is 654 g/mol. The van der Waals surface area contributed by atoms with Gasteiger partial charge < -0.3 is 25.2 Å². The highest BCUT2D eigenvalue weighted by Crippen LogP contribution is 2.57. The van der Waals surface area contributed by atoms with Crippen LogP contribution in [0.4, 0.5) is 11.4 Å². The van der Waals surface area contributed by atoms with Gasteiger partial charge in [0.2, 0.25) is 5.91 Å². The van der Waals surface area contributed by atoms with Crippen molar-refractivity contribution in [2.45, 2.75) is 36.5 Å². The van der Waals surface area contributed by atoms with E-state index in [1.807, 2.05) is 24.3 Å². The Morgan fingerprint density at radius 1 is 1.20 bits per heavy atom. The molecule has 0 radical (unpaired) electrons. The number of methoxy groups -OCH3 is 1. The van der Waals surface area contributed by atoms with Gasteiger partial charge >= 0.3 is 5.97 Å². The quantitative estimate of drug-likeness (QED) is 0.173. The molecule has 13 heteroatoms. The molecular formula is C32H32Cl2N4O7. The van der Waals surface area contributed by atoms with E-state index in [9.17, 15) is 24.8 Å². The zero-order valence-corrected chi connectivity index (χ0v) is 25.9. The Balaban J connectivity index is 1.50. The van der Waals surface area contributed by atoms with Crippen LogP contribution in [0.3, 0.4) is 0 Å². The van der Waals surface area contributed by atoms with Crippen molar-refractivity contribution in [3.8, 4) is 0 Å². The van der Waals surface area contributed by atoms with Crippen LogP contribution in [0.1, 0.15) is 39.4 Å². The van der Waals surface area contributed by atoms with E-state index < -0.39 is 34.4 Å². The van der Waals surface area contributed by atoms with Gasteiger partial charge in [0.25, 0.3) is 5.69 Å². The second-order valence-corrected chi connectivity index (χ2v) is 12.4. The number of carbonyl (C=O) groups is 2. The second kappa shape index (κ2) is 12.7. The zero-order valence-electron chi connectivity index (χ0n) is 24.4. The van der Waals surface area contributed by atoms with Gasteiger partial charge in [-0.25, -0.2) is 4.79 Å². The van der Waals surface area contributed by atoms with Crippen LogP contribution >= 0.6 is 23.2 Å². The fourth-order valence-electron chi connectivity index (χ4n) is 7.26. The summed E-state index contributed by atoms with van der Waals surface area (Å²) in [5, 5.41) is 30.6. The summed E-state index contributed by atoms with van der Waals surface area (Å²) in [4.78, 5) is 40.2. The highest BCUT2D eigenvalue weighted by atomic mass is 35.5. The number of amides is 1. The van der Waals surface area contributed by atoms with E-state index in [-0.39, 0.29) is 36.2 Å². The summed E-state index contributed by atoms with van der Waals surface area (Å²) in [5.41, 5.74) is 0.914. The summed E-state index contributed by atoms with van der Waals surface area (Å²) in [7, 11) is 1.21. The number of likely N-dealkylation sites (tertiary alicyclic amines) is 1. The molecule has 3 aromatic rings. The van der Waals surface area contributed by atoms with Crippen LogP contribution in [0.25, 0.3) is 0 Å². The minimum absolute atomic E-state index is 0.0154. The third-order valence-corrected chi connectivity index (χ3v) is 9.64. The molecule has 2 saturated heterocycles. The highest BCUT2D eigenvalue weighted by molar-refractivity contribution is 6.31. The first-order valence-corrected chi connectivity index (χ1v) is 15.4. The Morgan fingerprint density at radius 2 is 2.00 bits per heavy atom. The number of nitrogens with one attached hydrogen (secondary N) is 2. The molecule has 11 nitrogen and oxygen atoms in total. The first-order chi connectivity index (χ1) is 21.7. The van der Waals surface area contributed by atoms with Crippen LogP contribution in [0.15, 0.2) is 60.7 Å². The fourth-order valence-corrected chi connectivity index (χ4v) is 7.63. The normalized spacial score (nSPS) is 25.8. The smallest absolute Gasteiger partial charge is 0.338 e. The molecule has 3 aromatic carbocycles. The van der Waals surface area contributed by atoms with Gasteiger partial charge in [-0.1, -0.05) is 47.5 Å². The lowest BCUT2D eigenvalue weighted by Gasteiger charge is -2.40. The average molecular weight is 656 g/mol. The molecule has 1 spiro atoms. The molecule has 236 valence electrons. The second-order valence-electron chi connectivity index (χ2n) is 11.6. The number of aliphatic hydroxyl groups is 1. The largest absolute Gasteiger partial charge is 0.465 e. The topological polar surface area (TPSA) is 143 Å². The molecule has 1 amide bonds. The van der Waals surface area contributed by atoms with E-state index >= 15 is 0 Å². The van der Waals surface area contributed by atoms with E-state index in [2.05, 4.69) is 15.5 Å². The van der Waals surface area contributed by atoms with E-state index in [1.54, 1.807) is 18.2 Å². The van der Waals surface area contributed by atoms with Crippen LogP contribution < -0.4 is 10.6 Å². The number of hydrogen-bond acceptors (Lipinski definition) is 9. The van der Waals surface area contributed by atoms with Crippen LogP contribution in [-0.4, -0.2) is 72.4 Å². The Kier molecular flexibility index (Phi) is 8.84. The summed E-state index contributed by atoms with van der Waals surface area (Å²) in [6, 6.07) is 15.6. The Hall–Kier alpha value is -3.58. The summed E-state index contributed by atoms with van der Waals surface area (Å²) >= 11 is 12.9. The van der Waals surface area contributed by atoms with E-state index in [1.165, 1.54) is 25.3 Å². The summed E-state index contributed by atoms with van der Waals surface area (Å²) in [6.45, 7) is 1.31. The number of rotatable bonds is 9. The molecule has 6 rings (SSSR count). The number of nitro groups is 1. The molecule has 0 bridgehead atoms. The lowest BCUT2D eigenvalue weighted by molar-refractivity contribution is -0.385. The number of carbonyl (C=O) groups excluding carboxylic acids is 2. The minimum atomic E-state index is -1.28. The molecular weight excluding hydrogens is 623 g/mol. The number of anilines is 1.